The van der Waals surface area contributed by atoms with Gasteiger partial charge in [-0.05, 0) is 24.3 Å². The Morgan fingerprint density at radius 2 is 1.77 bits per heavy atom. The summed E-state index contributed by atoms with van der Waals surface area (Å²) < 4.78 is 0. The lowest BCUT2D eigenvalue weighted by Crippen LogP contribution is -3.15. The van der Waals surface area contributed by atoms with E-state index in [1.165, 1.54) is 23.6 Å². The van der Waals surface area contributed by atoms with Crippen molar-refractivity contribution in [3.63, 3.8) is 0 Å². The molecule has 1 aromatic rings. The zero-order chi connectivity index (χ0) is 19.1. The highest BCUT2D eigenvalue weighted by Crippen LogP contribution is 2.20. The molecule has 1 aliphatic rings. The SMILES string of the molecule is CC(=O)Nc1ccc(SCC(=O)N2CC[NH+](CC(=O)N(C)C)CC2)cc1. The molecule has 7 nitrogen and oxygen atoms in total. The number of likely N-dealkylation sites (N-methyl/N-ethyl adjacent to an activating group) is 1. The molecule has 3 amide bonds. The van der Waals surface area contributed by atoms with Gasteiger partial charge in [-0.15, -0.1) is 11.8 Å². The average molecular weight is 380 g/mol. The maximum Gasteiger partial charge on any atom is 0.277 e. The summed E-state index contributed by atoms with van der Waals surface area (Å²) in [6.07, 6.45) is 0. The molecule has 0 aliphatic carbocycles. The van der Waals surface area contributed by atoms with Crippen LogP contribution in [-0.4, -0.2) is 80.1 Å². The van der Waals surface area contributed by atoms with Gasteiger partial charge in [-0.1, -0.05) is 0 Å². The minimum absolute atomic E-state index is 0.103. The van der Waals surface area contributed by atoms with Crippen LogP contribution in [0.25, 0.3) is 0 Å². The van der Waals surface area contributed by atoms with Crippen molar-refractivity contribution >= 4 is 35.2 Å². The Balaban J connectivity index is 1.73. The Labute approximate surface area is 158 Å². The molecule has 1 heterocycles. The van der Waals surface area contributed by atoms with Gasteiger partial charge in [-0.25, -0.2) is 0 Å². The summed E-state index contributed by atoms with van der Waals surface area (Å²) in [7, 11) is 3.53. The minimum atomic E-state index is -0.103. The molecule has 0 unspecified atom stereocenters. The topological polar surface area (TPSA) is 74.2 Å². The fraction of sp³-hybridized carbons (Fsp3) is 0.500. The summed E-state index contributed by atoms with van der Waals surface area (Å²) in [5, 5.41) is 2.72. The van der Waals surface area contributed by atoms with Crippen molar-refractivity contribution < 1.29 is 19.3 Å². The molecule has 0 bridgehead atoms. The maximum atomic E-state index is 12.4. The number of amides is 3. The fourth-order valence-electron chi connectivity index (χ4n) is 2.70. The van der Waals surface area contributed by atoms with Crippen LogP contribution in [-0.2, 0) is 14.4 Å². The van der Waals surface area contributed by atoms with Crippen LogP contribution in [0.3, 0.4) is 0 Å². The number of benzene rings is 1. The van der Waals surface area contributed by atoms with Crippen LogP contribution in [0, 0.1) is 0 Å². The summed E-state index contributed by atoms with van der Waals surface area (Å²) in [5.41, 5.74) is 0.750. The Morgan fingerprint density at radius 3 is 2.31 bits per heavy atom. The molecule has 0 atom stereocenters. The second-order valence-corrected chi connectivity index (χ2v) is 7.64. The molecule has 0 aromatic heterocycles. The summed E-state index contributed by atoms with van der Waals surface area (Å²) in [4.78, 5) is 40.9. The molecular weight excluding hydrogens is 352 g/mol. The van der Waals surface area contributed by atoms with E-state index in [2.05, 4.69) is 5.32 Å². The summed E-state index contributed by atoms with van der Waals surface area (Å²) in [6.45, 7) is 4.96. The molecule has 1 aliphatic heterocycles. The van der Waals surface area contributed by atoms with Crippen LogP contribution in [0.5, 0.6) is 0 Å². The number of nitrogens with one attached hydrogen (secondary N) is 2. The molecule has 2 rings (SSSR count). The van der Waals surface area contributed by atoms with E-state index in [-0.39, 0.29) is 17.7 Å². The first-order valence-electron chi connectivity index (χ1n) is 8.67. The molecule has 2 N–H and O–H groups in total. The second-order valence-electron chi connectivity index (χ2n) is 6.59. The highest BCUT2D eigenvalue weighted by molar-refractivity contribution is 8.00. The first kappa shape index (κ1) is 20.3. The zero-order valence-corrected chi connectivity index (χ0v) is 16.4. The van der Waals surface area contributed by atoms with Crippen LogP contribution >= 0.6 is 11.8 Å². The third-order valence-electron chi connectivity index (χ3n) is 4.26. The number of carbonyl (C=O) groups is 3. The van der Waals surface area contributed by atoms with Crippen LogP contribution in [0.1, 0.15) is 6.92 Å². The Kier molecular flexibility index (Phi) is 7.47. The summed E-state index contributed by atoms with van der Waals surface area (Å²) >= 11 is 1.49. The fourth-order valence-corrected chi connectivity index (χ4v) is 3.50. The highest BCUT2D eigenvalue weighted by Gasteiger charge is 2.25. The van der Waals surface area contributed by atoms with Crippen molar-refractivity contribution in [2.24, 2.45) is 0 Å². The standard InChI is InChI=1S/C18H26N4O3S/c1-14(23)19-15-4-6-16(7-5-15)26-13-18(25)22-10-8-21(9-11-22)12-17(24)20(2)3/h4-7H,8-13H2,1-3H3,(H,19,23)/p+1. The number of thioether (sulfide) groups is 1. The third-order valence-corrected chi connectivity index (χ3v) is 5.26. The number of hydrogen-bond acceptors (Lipinski definition) is 4. The van der Waals surface area contributed by atoms with Gasteiger partial charge in [0.2, 0.25) is 11.8 Å². The highest BCUT2D eigenvalue weighted by atomic mass is 32.2. The van der Waals surface area contributed by atoms with E-state index >= 15 is 0 Å². The molecule has 0 spiro atoms. The van der Waals surface area contributed by atoms with E-state index in [1.807, 2.05) is 29.2 Å². The van der Waals surface area contributed by atoms with Crippen molar-refractivity contribution in [2.45, 2.75) is 11.8 Å². The van der Waals surface area contributed by atoms with Crippen molar-refractivity contribution in [1.82, 2.24) is 9.80 Å². The molecule has 0 saturated carbocycles. The van der Waals surface area contributed by atoms with Gasteiger partial charge in [0.15, 0.2) is 6.54 Å². The Bertz CT molecular complexity index is 640. The summed E-state index contributed by atoms with van der Waals surface area (Å²) in [6, 6.07) is 7.46. The van der Waals surface area contributed by atoms with E-state index < -0.39 is 0 Å². The predicted octanol–water partition coefficient (Wildman–Crippen LogP) is -0.448. The van der Waals surface area contributed by atoms with Crippen molar-refractivity contribution in [3.05, 3.63) is 24.3 Å². The maximum absolute atomic E-state index is 12.4. The number of anilines is 1. The Morgan fingerprint density at radius 1 is 1.15 bits per heavy atom. The van der Waals surface area contributed by atoms with E-state index in [9.17, 15) is 14.4 Å². The first-order valence-corrected chi connectivity index (χ1v) is 9.65. The van der Waals surface area contributed by atoms with Crippen LogP contribution in [0.4, 0.5) is 5.69 Å². The van der Waals surface area contributed by atoms with Crippen LogP contribution < -0.4 is 10.2 Å². The van der Waals surface area contributed by atoms with Crippen molar-refractivity contribution in [2.75, 3.05) is 57.9 Å². The molecule has 142 valence electrons. The second kappa shape index (κ2) is 9.59. The molecular formula is C18H27N4O3S+. The number of hydrogen-bond donors (Lipinski definition) is 2. The van der Waals surface area contributed by atoms with Gasteiger partial charge in [-0.2, -0.15) is 0 Å². The molecule has 26 heavy (non-hydrogen) atoms. The number of carbonyl (C=O) groups excluding carboxylic acids is 3. The van der Waals surface area contributed by atoms with Gasteiger partial charge in [0.25, 0.3) is 5.91 Å². The predicted molar refractivity (Wildman–Crippen MR) is 102 cm³/mol. The first-order chi connectivity index (χ1) is 12.3. The van der Waals surface area contributed by atoms with E-state index in [0.29, 0.717) is 25.4 Å². The third kappa shape index (κ3) is 6.34. The van der Waals surface area contributed by atoms with Gasteiger partial charge in [0.1, 0.15) is 0 Å². The lowest BCUT2D eigenvalue weighted by atomic mass is 10.3. The molecule has 0 radical (unpaired) electrons. The lowest BCUT2D eigenvalue weighted by Gasteiger charge is -2.32. The number of nitrogens with zero attached hydrogens (tertiary/aromatic N) is 2. The summed E-state index contributed by atoms with van der Waals surface area (Å²) in [5.74, 6) is 0.539. The van der Waals surface area contributed by atoms with Gasteiger partial charge >= 0.3 is 0 Å². The van der Waals surface area contributed by atoms with Crippen LogP contribution in [0.2, 0.25) is 0 Å². The quantitative estimate of drug-likeness (QED) is 0.657. The van der Waals surface area contributed by atoms with Gasteiger partial charge < -0.3 is 20.0 Å². The number of rotatable bonds is 6. The van der Waals surface area contributed by atoms with Gasteiger partial charge in [-0.3, -0.25) is 14.4 Å². The van der Waals surface area contributed by atoms with Crippen molar-refractivity contribution in [1.29, 1.82) is 0 Å². The Hall–Kier alpha value is -2.06. The molecule has 1 aromatic carbocycles. The zero-order valence-electron chi connectivity index (χ0n) is 15.6. The average Bonchev–Trinajstić information content (AvgIpc) is 2.61. The number of piperazine rings is 1. The van der Waals surface area contributed by atoms with Gasteiger partial charge in [0.05, 0.1) is 31.9 Å². The minimum Gasteiger partial charge on any atom is -0.344 e. The normalized spacial score (nSPS) is 14.8. The van der Waals surface area contributed by atoms with Crippen molar-refractivity contribution in [3.8, 4) is 0 Å². The lowest BCUT2D eigenvalue weighted by molar-refractivity contribution is -0.896. The van der Waals surface area contributed by atoms with E-state index in [1.54, 1.807) is 19.0 Å². The van der Waals surface area contributed by atoms with E-state index in [4.69, 9.17) is 0 Å². The number of quaternary nitrogens is 1. The monoisotopic (exact) mass is 379 g/mol. The van der Waals surface area contributed by atoms with Crippen LogP contribution in [0.15, 0.2) is 29.2 Å². The smallest absolute Gasteiger partial charge is 0.277 e. The molecule has 8 heteroatoms. The van der Waals surface area contributed by atoms with E-state index in [0.717, 1.165) is 23.7 Å². The molecule has 1 saturated heterocycles. The van der Waals surface area contributed by atoms with Gasteiger partial charge in [0, 0.05) is 31.6 Å². The largest absolute Gasteiger partial charge is 0.344 e. The molecule has 1 fully saturated rings.